The lowest BCUT2D eigenvalue weighted by Crippen LogP contribution is -2.31. The Kier molecular flexibility index (Phi) is 6.01. The van der Waals surface area contributed by atoms with Crippen molar-refractivity contribution in [3.05, 3.63) is 46.1 Å². The molecule has 1 fully saturated rings. The Morgan fingerprint density at radius 1 is 1.13 bits per heavy atom. The maximum absolute atomic E-state index is 12.7. The number of nitrogens with zero attached hydrogens (tertiary/aromatic N) is 4. The lowest BCUT2D eigenvalue weighted by molar-refractivity contribution is -0.114. The second-order valence-corrected chi connectivity index (χ2v) is 9.38. The van der Waals surface area contributed by atoms with Gasteiger partial charge in [0.15, 0.2) is 0 Å². The van der Waals surface area contributed by atoms with Gasteiger partial charge in [-0.25, -0.2) is 9.97 Å². The van der Waals surface area contributed by atoms with E-state index >= 15 is 0 Å². The standard InChI is InChI=1S/C23H29N5OS/c1-15-7-9-18(10-8-15)24-20(29)14-27(4)22-21-16(2)17(3)30-23(21)26-19(25-22)13-28-11-5-6-12-28/h7-10H,5-6,11-14H2,1-4H3,(H,24,29). The van der Waals surface area contributed by atoms with Crippen LogP contribution < -0.4 is 10.2 Å². The molecule has 1 amide bonds. The van der Waals surface area contributed by atoms with Crippen molar-refractivity contribution >= 4 is 39.0 Å². The lowest BCUT2D eigenvalue weighted by atomic mass is 10.2. The smallest absolute Gasteiger partial charge is 0.243 e. The van der Waals surface area contributed by atoms with Crippen LogP contribution in [0.3, 0.4) is 0 Å². The molecule has 7 heteroatoms. The Morgan fingerprint density at radius 2 is 1.83 bits per heavy atom. The number of hydrogen-bond donors (Lipinski definition) is 1. The molecular formula is C23H29N5OS. The summed E-state index contributed by atoms with van der Waals surface area (Å²) in [6, 6.07) is 7.85. The van der Waals surface area contributed by atoms with Gasteiger partial charge in [-0.05, 0) is 64.4 Å². The van der Waals surface area contributed by atoms with Crippen LogP contribution in [-0.2, 0) is 11.3 Å². The molecule has 1 aliphatic rings. The summed E-state index contributed by atoms with van der Waals surface area (Å²) in [5, 5.41) is 4.04. The molecule has 1 aromatic carbocycles. The van der Waals surface area contributed by atoms with Crippen LogP contribution in [-0.4, -0.2) is 47.5 Å². The van der Waals surface area contributed by atoms with Crippen molar-refractivity contribution in [3.63, 3.8) is 0 Å². The number of hydrogen-bond acceptors (Lipinski definition) is 6. The molecular weight excluding hydrogens is 394 g/mol. The topological polar surface area (TPSA) is 61.4 Å². The molecule has 1 N–H and O–H groups in total. The first-order valence-electron chi connectivity index (χ1n) is 10.5. The van der Waals surface area contributed by atoms with Crippen molar-refractivity contribution in [3.8, 4) is 0 Å². The molecule has 30 heavy (non-hydrogen) atoms. The Hall–Kier alpha value is -2.51. The van der Waals surface area contributed by atoms with Crippen molar-refractivity contribution in [1.29, 1.82) is 0 Å². The fourth-order valence-electron chi connectivity index (χ4n) is 3.89. The number of likely N-dealkylation sites (N-methyl/N-ethyl adjacent to an activating group) is 1. The number of nitrogens with one attached hydrogen (secondary N) is 1. The van der Waals surface area contributed by atoms with E-state index in [-0.39, 0.29) is 12.5 Å². The summed E-state index contributed by atoms with van der Waals surface area (Å²) in [6.45, 7) is 9.48. The predicted octanol–water partition coefficient (Wildman–Crippen LogP) is 4.29. The molecule has 0 bridgehead atoms. The highest BCUT2D eigenvalue weighted by Crippen LogP contribution is 2.35. The molecule has 0 aliphatic carbocycles. The van der Waals surface area contributed by atoms with Gasteiger partial charge in [-0.3, -0.25) is 9.69 Å². The van der Waals surface area contributed by atoms with Gasteiger partial charge in [-0.15, -0.1) is 11.3 Å². The Bertz CT molecular complexity index is 1050. The van der Waals surface area contributed by atoms with Gasteiger partial charge < -0.3 is 10.2 Å². The number of carbonyl (C=O) groups excluding carboxylic acids is 1. The summed E-state index contributed by atoms with van der Waals surface area (Å²) in [5.74, 6) is 1.63. The third-order valence-electron chi connectivity index (χ3n) is 5.70. The van der Waals surface area contributed by atoms with E-state index in [0.29, 0.717) is 0 Å². The molecule has 158 valence electrons. The molecule has 1 saturated heterocycles. The minimum absolute atomic E-state index is 0.0567. The van der Waals surface area contributed by atoms with Crippen LogP contribution in [0.4, 0.5) is 11.5 Å². The molecule has 2 aromatic heterocycles. The summed E-state index contributed by atoms with van der Waals surface area (Å²) in [5.41, 5.74) is 3.18. The van der Waals surface area contributed by atoms with E-state index in [9.17, 15) is 4.79 Å². The molecule has 0 unspecified atom stereocenters. The van der Waals surface area contributed by atoms with Crippen LogP contribution in [0, 0.1) is 20.8 Å². The fraction of sp³-hybridized carbons (Fsp3) is 0.435. The minimum atomic E-state index is -0.0567. The number of aryl methyl sites for hydroxylation is 3. The van der Waals surface area contributed by atoms with Gasteiger partial charge in [0.05, 0.1) is 18.5 Å². The van der Waals surface area contributed by atoms with Crippen LogP contribution in [0.1, 0.15) is 34.7 Å². The molecule has 6 nitrogen and oxygen atoms in total. The molecule has 1 aliphatic heterocycles. The highest BCUT2D eigenvalue weighted by molar-refractivity contribution is 7.18. The zero-order valence-corrected chi connectivity index (χ0v) is 19.0. The van der Waals surface area contributed by atoms with E-state index in [1.165, 1.54) is 28.8 Å². The van der Waals surface area contributed by atoms with E-state index in [4.69, 9.17) is 9.97 Å². The van der Waals surface area contributed by atoms with E-state index in [0.717, 1.165) is 47.2 Å². The monoisotopic (exact) mass is 423 g/mol. The molecule has 4 rings (SSSR count). The average molecular weight is 424 g/mol. The number of benzene rings is 1. The van der Waals surface area contributed by atoms with Crippen molar-refractivity contribution in [1.82, 2.24) is 14.9 Å². The Balaban J connectivity index is 1.58. The third kappa shape index (κ3) is 4.47. The van der Waals surface area contributed by atoms with Crippen LogP contribution in [0.5, 0.6) is 0 Å². The maximum Gasteiger partial charge on any atom is 0.243 e. The SMILES string of the molecule is Cc1ccc(NC(=O)CN(C)c2nc(CN3CCCC3)nc3sc(C)c(C)c23)cc1. The maximum atomic E-state index is 12.7. The Morgan fingerprint density at radius 3 is 2.53 bits per heavy atom. The molecule has 0 saturated carbocycles. The van der Waals surface area contributed by atoms with Gasteiger partial charge in [0.1, 0.15) is 16.5 Å². The number of amides is 1. The molecule has 3 aromatic rings. The molecule has 0 spiro atoms. The van der Waals surface area contributed by atoms with Crippen molar-refractivity contribution in [2.75, 3.05) is 36.9 Å². The van der Waals surface area contributed by atoms with Crippen LogP contribution in [0.2, 0.25) is 0 Å². The van der Waals surface area contributed by atoms with Gasteiger partial charge >= 0.3 is 0 Å². The first-order chi connectivity index (χ1) is 14.4. The first kappa shape index (κ1) is 20.8. The molecule has 0 radical (unpaired) electrons. The average Bonchev–Trinajstić information content (AvgIpc) is 3.31. The molecule has 0 atom stereocenters. The number of likely N-dealkylation sites (tertiary alicyclic amines) is 1. The summed E-state index contributed by atoms with van der Waals surface area (Å²) >= 11 is 1.71. The normalized spacial score (nSPS) is 14.4. The van der Waals surface area contributed by atoms with Crippen molar-refractivity contribution < 1.29 is 4.79 Å². The van der Waals surface area contributed by atoms with E-state index < -0.39 is 0 Å². The van der Waals surface area contributed by atoms with Gasteiger partial charge in [0.2, 0.25) is 5.91 Å². The second kappa shape index (κ2) is 8.70. The summed E-state index contributed by atoms with van der Waals surface area (Å²) < 4.78 is 0. The van der Waals surface area contributed by atoms with E-state index in [1.54, 1.807) is 11.3 Å². The number of rotatable bonds is 6. The quantitative estimate of drug-likeness (QED) is 0.641. The fourth-order valence-corrected chi connectivity index (χ4v) is 4.93. The zero-order valence-electron chi connectivity index (χ0n) is 18.2. The lowest BCUT2D eigenvalue weighted by Gasteiger charge is -2.21. The number of thiophene rings is 1. The second-order valence-electron chi connectivity index (χ2n) is 8.18. The zero-order chi connectivity index (χ0) is 21.3. The number of carbonyl (C=O) groups is 1. The summed E-state index contributed by atoms with van der Waals surface area (Å²) in [4.78, 5) is 29.0. The Labute approximate surface area is 181 Å². The highest BCUT2D eigenvalue weighted by Gasteiger charge is 2.21. The van der Waals surface area contributed by atoms with Crippen molar-refractivity contribution in [2.24, 2.45) is 0 Å². The van der Waals surface area contributed by atoms with E-state index in [1.807, 2.05) is 43.1 Å². The van der Waals surface area contributed by atoms with Gasteiger partial charge in [-0.1, -0.05) is 17.7 Å². The van der Waals surface area contributed by atoms with Crippen LogP contribution >= 0.6 is 11.3 Å². The summed E-state index contributed by atoms with van der Waals surface area (Å²) in [6.07, 6.45) is 2.48. The number of fused-ring (bicyclic) bond motifs is 1. The van der Waals surface area contributed by atoms with Crippen LogP contribution in [0.25, 0.3) is 10.2 Å². The predicted molar refractivity (Wildman–Crippen MR) is 124 cm³/mol. The summed E-state index contributed by atoms with van der Waals surface area (Å²) in [7, 11) is 1.93. The third-order valence-corrected chi connectivity index (χ3v) is 6.80. The highest BCUT2D eigenvalue weighted by atomic mass is 32.1. The number of aromatic nitrogens is 2. The van der Waals surface area contributed by atoms with Gasteiger partial charge in [0, 0.05) is 17.6 Å². The largest absolute Gasteiger partial charge is 0.350 e. The van der Waals surface area contributed by atoms with Crippen LogP contribution in [0.15, 0.2) is 24.3 Å². The first-order valence-corrected chi connectivity index (χ1v) is 11.3. The number of anilines is 2. The van der Waals surface area contributed by atoms with Crippen molar-refractivity contribution in [2.45, 2.75) is 40.2 Å². The van der Waals surface area contributed by atoms with E-state index in [2.05, 4.69) is 24.1 Å². The molecule has 3 heterocycles. The minimum Gasteiger partial charge on any atom is -0.350 e. The van der Waals surface area contributed by atoms with Gasteiger partial charge in [0.25, 0.3) is 0 Å². The van der Waals surface area contributed by atoms with Gasteiger partial charge in [-0.2, -0.15) is 0 Å².